The van der Waals surface area contributed by atoms with E-state index in [2.05, 4.69) is 170 Å². The molecule has 0 bridgehead atoms. The standard InChI is InChI=1S/C23H21.C18H17.C2H6Si.2ClH.Zr/c1-14-12-21-16(3)15(2)17(4)23(22(21)13-14)20-11-7-9-18-8-5-6-10-19(18)20;1-13(2)16-11-15-9-6-10-17(18(15)12-16)14-7-4-3-5-8-14;1-3-2;;;/h5-13H,1-4H3;3-13H,1-2H3;1-2H3;2*1H;/q2*-1;;;;+4/p-2. The van der Waals surface area contributed by atoms with Crippen molar-refractivity contribution in [2.45, 2.75) is 60.6 Å². The van der Waals surface area contributed by atoms with E-state index >= 15 is 0 Å². The fraction of sp³-hybridized carbons (Fsp3) is 0.209. The Kier molecular flexibility index (Phi) is 13.9. The molecular weight excluding hydrogens is 707 g/mol. The fourth-order valence-corrected chi connectivity index (χ4v) is 6.29. The predicted molar refractivity (Wildman–Crippen MR) is 210 cm³/mol. The predicted octanol–water partition coefficient (Wildman–Crippen LogP) is 14.1. The Labute approximate surface area is 303 Å². The zero-order valence-electron chi connectivity index (χ0n) is 28.8. The molecule has 0 heterocycles. The second-order valence-electron chi connectivity index (χ2n) is 12.3. The van der Waals surface area contributed by atoms with Crippen LogP contribution in [0.5, 0.6) is 0 Å². The summed E-state index contributed by atoms with van der Waals surface area (Å²) in [6, 6.07) is 41.8. The van der Waals surface area contributed by atoms with E-state index in [1.165, 1.54) is 82.4 Å². The molecular formula is C43H44Cl2SiZr. The van der Waals surface area contributed by atoms with Gasteiger partial charge in [0.25, 0.3) is 0 Å². The maximum atomic E-state index is 4.93. The summed E-state index contributed by atoms with van der Waals surface area (Å²) in [5.74, 6) is 0.584. The van der Waals surface area contributed by atoms with Crippen molar-refractivity contribution >= 4 is 58.9 Å². The summed E-state index contributed by atoms with van der Waals surface area (Å²) in [5.41, 5.74) is 12.4. The van der Waals surface area contributed by atoms with Crippen LogP contribution in [-0.2, 0) is 20.8 Å². The molecule has 7 aromatic rings. The molecule has 0 aliphatic heterocycles. The first-order valence-corrected chi connectivity index (χ1v) is 24.4. The maximum absolute atomic E-state index is 4.93. The molecule has 0 N–H and O–H groups in total. The molecule has 0 nitrogen and oxygen atoms in total. The molecule has 0 amide bonds. The van der Waals surface area contributed by atoms with Crippen LogP contribution in [0.1, 0.15) is 47.6 Å². The average molecular weight is 751 g/mol. The zero-order valence-corrected chi connectivity index (χ0v) is 33.8. The molecule has 0 saturated heterocycles. The van der Waals surface area contributed by atoms with Gasteiger partial charge >= 0.3 is 37.9 Å². The molecule has 0 atom stereocenters. The molecule has 0 unspecified atom stereocenters. The van der Waals surface area contributed by atoms with Crippen molar-refractivity contribution < 1.29 is 20.8 Å². The Bertz CT molecular complexity index is 2040. The molecule has 0 aliphatic rings. The molecule has 0 saturated carbocycles. The first-order chi connectivity index (χ1) is 22.7. The van der Waals surface area contributed by atoms with Gasteiger partial charge in [-0.15, -0.1) is 62.5 Å². The third kappa shape index (κ3) is 8.65. The summed E-state index contributed by atoms with van der Waals surface area (Å²) >= 11 is -0.826. The van der Waals surface area contributed by atoms with Crippen molar-refractivity contribution in [2.24, 2.45) is 0 Å². The van der Waals surface area contributed by atoms with E-state index in [0.717, 1.165) is 9.52 Å². The van der Waals surface area contributed by atoms with E-state index in [0.29, 0.717) is 5.92 Å². The van der Waals surface area contributed by atoms with Gasteiger partial charge in [-0.2, -0.15) is 12.1 Å². The summed E-state index contributed by atoms with van der Waals surface area (Å²) in [4.78, 5) is 0. The van der Waals surface area contributed by atoms with E-state index in [-0.39, 0.29) is 0 Å². The van der Waals surface area contributed by atoms with E-state index in [1.54, 1.807) is 0 Å². The van der Waals surface area contributed by atoms with Gasteiger partial charge in [-0.25, -0.2) is 0 Å². The van der Waals surface area contributed by atoms with Crippen LogP contribution in [0, 0.1) is 27.7 Å². The second-order valence-corrected chi connectivity index (χ2v) is 17.1. The van der Waals surface area contributed by atoms with E-state index < -0.39 is 20.8 Å². The monoisotopic (exact) mass is 748 g/mol. The Morgan fingerprint density at radius 1 is 0.617 bits per heavy atom. The van der Waals surface area contributed by atoms with Crippen LogP contribution in [-0.4, -0.2) is 9.52 Å². The Morgan fingerprint density at radius 2 is 1.21 bits per heavy atom. The molecule has 0 spiro atoms. The second kappa shape index (κ2) is 17.6. The third-order valence-corrected chi connectivity index (χ3v) is 8.79. The molecule has 238 valence electrons. The van der Waals surface area contributed by atoms with Gasteiger partial charge in [-0.1, -0.05) is 142 Å². The number of benzene rings is 5. The summed E-state index contributed by atoms with van der Waals surface area (Å²) in [5, 5.41) is 8.14. The van der Waals surface area contributed by atoms with Crippen molar-refractivity contribution in [3.05, 3.63) is 143 Å². The molecule has 0 aliphatic carbocycles. The third-order valence-electron chi connectivity index (χ3n) is 8.79. The van der Waals surface area contributed by atoms with Crippen molar-refractivity contribution in [3.8, 4) is 22.3 Å². The van der Waals surface area contributed by atoms with Gasteiger partial charge in [0.1, 0.15) is 0 Å². The van der Waals surface area contributed by atoms with Crippen LogP contribution in [0.3, 0.4) is 0 Å². The van der Waals surface area contributed by atoms with E-state index in [4.69, 9.17) is 17.0 Å². The first kappa shape index (κ1) is 37.1. The summed E-state index contributed by atoms with van der Waals surface area (Å²) < 4.78 is 0. The molecule has 0 fully saturated rings. The van der Waals surface area contributed by atoms with Crippen LogP contribution in [0.25, 0.3) is 54.6 Å². The summed E-state index contributed by atoms with van der Waals surface area (Å²) in [6.07, 6.45) is 0. The number of halogens is 2. The minimum atomic E-state index is -0.826. The van der Waals surface area contributed by atoms with Crippen LogP contribution in [0.4, 0.5) is 0 Å². The first-order valence-electron chi connectivity index (χ1n) is 16.1. The average Bonchev–Trinajstić information content (AvgIpc) is 3.69. The Morgan fingerprint density at radius 3 is 1.89 bits per heavy atom. The SMILES string of the molecule is CC(C)c1cc2c(-c3ccccc3)cccc2[cH-]1.C[Si]C.Cc1cc2c(-c3cccc4ccccc34)c(C)c(C)c(C)c2[cH-]1.[Cl][Zr+2][Cl]. The Hall–Kier alpha value is -2.74. The van der Waals surface area contributed by atoms with Crippen LogP contribution in [0.15, 0.2) is 115 Å². The van der Waals surface area contributed by atoms with E-state index in [9.17, 15) is 0 Å². The van der Waals surface area contributed by atoms with Gasteiger partial charge < -0.3 is 0 Å². The van der Waals surface area contributed by atoms with Gasteiger partial charge in [-0.3, -0.25) is 0 Å². The van der Waals surface area contributed by atoms with Gasteiger partial charge in [0, 0.05) is 9.52 Å². The molecule has 0 aromatic heterocycles. The van der Waals surface area contributed by atoms with Gasteiger partial charge in [0.15, 0.2) is 0 Å². The zero-order chi connectivity index (χ0) is 34.1. The number of hydrogen-bond donors (Lipinski definition) is 0. The van der Waals surface area contributed by atoms with Crippen molar-refractivity contribution in [1.29, 1.82) is 0 Å². The van der Waals surface area contributed by atoms with Gasteiger partial charge in [-0.05, 0) is 41.7 Å². The number of hydrogen-bond acceptors (Lipinski definition) is 0. The molecule has 7 rings (SSSR count). The molecule has 2 radical (unpaired) electrons. The molecule has 7 aromatic carbocycles. The Balaban J connectivity index is 0.000000186. The minimum absolute atomic E-state index is 0.584. The van der Waals surface area contributed by atoms with Gasteiger partial charge in [0.2, 0.25) is 0 Å². The van der Waals surface area contributed by atoms with Crippen LogP contribution < -0.4 is 0 Å². The fourth-order valence-electron chi connectivity index (χ4n) is 6.29. The quantitative estimate of drug-likeness (QED) is 0.125. The summed E-state index contributed by atoms with van der Waals surface area (Å²) in [7, 11) is 11.0. The summed E-state index contributed by atoms with van der Waals surface area (Å²) in [6.45, 7) is 17.8. The van der Waals surface area contributed by atoms with Crippen molar-refractivity contribution in [2.75, 3.05) is 0 Å². The molecule has 47 heavy (non-hydrogen) atoms. The van der Waals surface area contributed by atoms with Crippen LogP contribution >= 0.6 is 17.0 Å². The van der Waals surface area contributed by atoms with Crippen LogP contribution in [0.2, 0.25) is 13.1 Å². The normalized spacial score (nSPS) is 10.5. The number of aryl methyl sites for hydroxylation is 2. The van der Waals surface area contributed by atoms with Crippen molar-refractivity contribution in [3.63, 3.8) is 0 Å². The van der Waals surface area contributed by atoms with Crippen molar-refractivity contribution in [1.82, 2.24) is 0 Å². The number of fused-ring (bicyclic) bond motifs is 3. The number of rotatable bonds is 3. The molecule has 4 heteroatoms. The topological polar surface area (TPSA) is 0 Å². The van der Waals surface area contributed by atoms with Gasteiger partial charge in [0.05, 0.1) is 0 Å². The van der Waals surface area contributed by atoms with E-state index in [1.807, 2.05) is 0 Å².